The Labute approximate surface area is 130 Å². The van der Waals surface area contributed by atoms with Crippen molar-refractivity contribution in [3.05, 3.63) is 27.2 Å². The lowest BCUT2D eigenvalue weighted by Gasteiger charge is -2.32. The number of fused-ring (bicyclic) bond motifs is 1. The molecular formula is C14H17BrFN3S. The highest BCUT2D eigenvalue weighted by Gasteiger charge is 2.20. The Morgan fingerprint density at radius 3 is 3.00 bits per heavy atom. The second kappa shape index (κ2) is 5.58. The number of aromatic nitrogens is 2. The molecular weight excluding hydrogens is 341 g/mol. The van der Waals surface area contributed by atoms with Crippen LogP contribution in [0.1, 0.15) is 19.3 Å². The minimum absolute atomic E-state index is 0.268. The first-order chi connectivity index (χ1) is 9.56. The second-order valence-corrected chi connectivity index (χ2v) is 6.70. The number of hydrogen-bond donors (Lipinski definition) is 1. The fourth-order valence-corrected chi connectivity index (χ4v) is 3.53. The highest BCUT2D eigenvalue weighted by atomic mass is 79.9. The molecule has 2 heterocycles. The fourth-order valence-electron chi connectivity index (χ4n) is 2.92. The summed E-state index contributed by atoms with van der Waals surface area (Å²) in [6.07, 6.45) is 3.72. The summed E-state index contributed by atoms with van der Waals surface area (Å²) < 4.78 is 16.8. The predicted molar refractivity (Wildman–Crippen MR) is 85.0 cm³/mol. The van der Waals surface area contributed by atoms with Gasteiger partial charge in [0.1, 0.15) is 5.82 Å². The molecule has 1 saturated heterocycles. The maximum atomic E-state index is 13.6. The number of H-pyrrole nitrogens is 1. The molecule has 0 amide bonds. The maximum absolute atomic E-state index is 13.6. The van der Waals surface area contributed by atoms with Crippen LogP contribution in [0.4, 0.5) is 4.39 Å². The zero-order valence-electron chi connectivity index (χ0n) is 11.3. The first kappa shape index (κ1) is 14.2. The van der Waals surface area contributed by atoms with Crippen LogP contribution in [-0.2, 0) is 6.54 Å². The Kier molecular flexibility index (Phi) is 3.97. The minimum atomic E-state index is -0.268. The average Bonchev–Trinajstić information content (AvgIpc) is 2.69. The van der Waals surface area contributed by atoms with Crippen LogP contribution >= 0.6 is 28.1 Å². The standard InChI is InChI=1S/C14H17BrFN3S/c1-18-5-3-2-4-9(18)8-19-13-6-10(15)11(16)7-12(13)17-14(19)20/h6-7,9H,2-5,8H2,1H3,(H,17,20). The number of nitrogens with zero attached hydrogens (tertiary/aromatic N) is 2. The molecule has 0 spiro atoms. The van der Waals surface area contributed by atoms with Gasteiger partial charge in [-0.1, -0.05) is 6.42 Å². The van der Waals surface area contributed by atoms with Gasteiger partial charge in [-0.15, -0.1) is 0 Å². The van der Waals surface area contributed by atoms with Gasteiger partial charge >= 0.3 is 0 Å². The van der Waals surface area contributed by atoms with E-state index in [-0.39, 0.29) is 5.82 Å². The third-order valence-corrected chi connectivity index (χ3v) is 5.06. The van der Waals surface area contributed by atoms with Crippen molar-refractivity contribution in [3.8, 4) is 0 Å². The van der Waals surface area contributed by atoms with E-state index in [1.165, 1.54) is 25.3 Å². The van der Waals surface area contributed by atoms with Crippen molar-refractivity contribution >= 4 is 39.2 Å². The molecule has 108 valence electrons. The summed E-state index contributed by atoms with van der Waals surface area (Å²) in [6.45, 7) is 1.99. The number of hydrogen-bond acceptors (Lipinski definition) is 2. The van der Waals surface area contributed by atoms with Crippen LogP contribution in [0.2, 0.25) is 0 Å². The summed E-state index contributed by atoms with van der Waals surface area (Å²) in [5.74, 6) is -0.268. The Balaban J connectivity index is 2.00. The van der Waals surface area contributed by atoms with Crippen molar-refractivity contribution in [1.82, 2.24) is 14.5 Å². The average molecular weight is 358 g/mol. The third-order valence-electron chi connectivity index (χ3n) is 4.13. The molecule has 6 heteroatoms. The molecule has 1 aliphatic rings. The Hall–Kier alpha value is -0.720. The molecule has 1 unspecified atom stereocenters. The quantitative estimate of drug-likeness (QED) is 0.818. The van der Waals surface area contributed by atoms with E-state index in [2.05, 4.69) is 37.4 Å². The van der Waals surface area contributed by atoms with E-state index in [9.17, 15) is 4.39 Å². The molecule has 0 saturated carbocycles. The van der Waals surface area contributed by atoms with Gasteiger partial charge in [0.2, 0.25) is 0 Å². The molecule has 2 aromatic rings. The van der Waals surface area contributed by atoms with E-state index >= 15 is 0 Å². The second-order valence-electron chi connectivity index (χ2n) is 5.45. The van der Waals surface area contributed by atoms with Crippen LogP contribution in [0.15, 0.2) is 16.6 Å². The van der Waals surface area contributed by atoms with Crippen LogP contribution in [0.5, 0.6) is 0 Å². The summed E-state index contributed by atoms with van der Waals surface area (Å²) in [4.78, 5) is 5.49. The van der Waals surface area contributed by atoms with Crippen molar-refractivity contribution in [2.45, 2.75) is 31.8 Å². The number of aromatic amines is 1. The summed E-state index contributed by atoms with van der Waals surface area (Å²) in [5.41, 5.74) is 1.72. The summed E-state index contributed by atoms with van der Waals surface area (Å²) >= 11 is 8.65. The molecule has 1 aromatic heterocycles. The number of nitrogens with one attached hydrogen (secondary N) is 1. The van der Waals surface area contributed by atoms with Crippen LogP contribution in [0.25, 0.3) is 11.0 Å². The minimum Gasteiger partial charge on any atom is -0.330 e. The third kappa shape index (κ3) is 2.56. The Bertz CT molecular complexity index is 694. The van der Waals surface area contributed by atoms with E-state index in [1.54, 1.807) is 6.07 Å². The fraction of sp³-hybridized carbons (Fsp3) is 0.500. The lowest BCUT2D eigenvalue weighted by molar-refractivity contribution is 0.168. The van der Waals surface area contributed by atoms with Gasteiger partial charge in [0.05, 0.1) is 15.5 Å². The number of piperidine rings is 1. The topological polar surface area (TPSA) is 24.0 Å². The van der Waals surface area contributed by atoms with Crippen molar-refractivity contribution in [3.63, 3.8) is 0 Å². The van der Waals surface area contributed by atoms with E-state index in [0.29, 0.717) is 15.3 Å². The smallest absolute Gasteiger partial charge is 0.178 e. The van der Waals surface area contributed by atoms with E-state index in [4.69, 9.17) is 12.2 Å². The molecule has 1 N–H and O–H groups in total. The van der Waals surface area contributed by atoms with Gasteiger partial charge in [-0.25, -0.2) is 4.39 Å². The van der Waals surface area contributed by atoms with E-state index in [1.807, 2.05) is 0 Å². The molecule has 1 fully saturated rings. The number of halogens is 2. The Morgan fingerprint density at radius 2 is 2.25 bits per heavy atom. The molecule has 1 atom stereocenters. The number of rotatable bonds is 2. The zero-order chi connectivity index (χ0) is 14.3. The first-order valence-corrected chi connectivity index (χ1v) is 8.04. The Morgan fingerprint density at radius 1 is 1.45 bits per heavy atom. The number of likely N-dealkylation sites (tertiary alicyclic amines) is 1. The number of likely N-dealkylation sites (N-methyl/N-ethyl adjacent to an activating group) is 1. The lowest BCUT2D eigenvalue weighted by Crippen LogP contribution is -2.39. The van der Waals surface area contributed by atoms with Crippen LogP contribution in [-0.4, -0.2) is 34.1 Å². The van der Waals surface area contributed by atoms with Crippen LogP contribution < -0.4 is 0 Å². The number of benzene rings is 1. The van der Waals surface area contributed by atoms with Gasteiger partial charge < -0.3 is 14.5 Å². The van der Waals surface area contributed by atoms with Gasteiger partial charge in [0, 0.05) is 18.7 Å². The molecule has 1 aromatic carbocycles. The van der Waals surface area contributed by atoms with E-state index < -0.39 is 0 Å². The summed E-state index contributed by atoms with van der Waals surface area (Å²) in [7, 11) is 2.16. The molecule has 0 bridgehead atoms. The summed E-state index contributed by atoms with van der Waals surface area (Å²) in [5, 5.41) is 0. The highest BCUT2D eigenvalue weighted by Crippen LogP contribution is 2.25. The zero-order valence-corrected chi connectivity index (χ0v) is 13.7. The van der Waals surface area contributed by atoms with Gasteiger partial charge in [-0.05, 0) is 60.6 Å². The number of imidazole rings is 1. The molecule has 3 nitrogen and oxygen atoms in total. The molecule has 0 radical (unpaired) electrons. The van der Waals surface area contributed by atoms with Crippen molar-refractivity contribution in [2.75, 3.05) is 13.6 Å². The van der Waals surface area contributed by atoms with Gasteiger partial charge in [-0.3, -0.25) is 0 Å². The molecule has 0 aliphatic carbocycles. The van der Waals surface area contributed by atoms with Gasteiger partial charge in [0.15, 0.2) is 4.77 Å². The van der Waals surface area contributed by atoms with Crippen LogP contribution in [0, 0.1) is 10.6 Å². The van der Waals surface area contributed by atoms with Gasteiger partial charge in [0.25, 0.3) is 0 Å². The molecule has 3 rings (SSSR count). The van der Waals surface area contributed by atoms with Crippen molar-refractivity contribution < 1.29 is 4.39 Å². The highest BCUT2D eigenvalue weighted by molar-refractivity contribution is 9.10. The SMILES string of the molecule is CN1CCCCC1Cn1c(=S)[nH]c2cc(F)c(Br)cc21. The van der Waals surface area contributed by atoms with Crippen molar-refractivity contribution in [1.29, 1.82) is 0 Å². The van der Waals surface area contributed by atoms with Crippen LogP contribution in [0.3, 0.4) is 0 Å². The lowest BCUT2D eigenvalue weighted by atomic mass is 10.0. The summed E-state index contributed by atoms with van der Waals surface area (Å²) in [6, 6.07) is 3.80. The normalized spacial score (nSPS) is 20.6. The largest absolute Gasteiger partial charge is 0.330 e. The maximum Gasteiger partial charge on any atom is 0.178 e. The van der Waals surface area contributed by atoms with Crippen molar-refractivity contribution in [2.24, 2.45) is 0 Å². The van der Waals surface area contributed by atoms with E-state index in [0.717, 1.165) is 24.1 Å². The van der Waals surface area contributed by atoms with Gasteiger partial charge in [-0.2, -0.15) is 0 Å². The molecule has 1 aliphatic heterocycles. The molecule has 20 heavy (non-hydrogen) atoms. The monoisotopic (exact) mass is 357 g/mol. The first-order valence-electron chi connectivity index (χ1n) is 6.84. The predicted octanol–water partition coefficient (Wildman–Crippen LogP) is 4.08.